The lowest BCUT2D eigenvalue weighted by molar-refractivity contribution is 0.0954. The van der Waals surface area contributed by atoms with E-state index in [9.17, 15) is 4.79 Å². The third-order valence-corrected chi connectivity index (χ3v) is 5.95. The van der Waals surface area contributed by atoms with Gasteiger partial charge in [-0.15, -0.1) is 24.0 Å². The van der Waals surface area contributed by atoms with Crippen LogP contribution in [0.2, 0.25) is 10.0 Å². The van der Waals surface area contributed by atoms with E-state index in [4.69, 9.17) is 23.2 Å². The Morgan fingerprint density at radius 3 is 2.70 bits per heavy atom. The summed E-state index contributed by atoms with van der Waals surface area (Å²) in [4.78, 5) is 23.1. The minimum absolute atomic E-state index is 0. The van der Waals surface area contributed by atoms with Gasteiger partial charge in [0.15, 0.2) is 5.96 Å². The molecule has 2 unspecified atom stereocenters. The lowest BCUT2D eigenvalue weighted by Gasteiger charge is -2.39. The van der Waals surface area contributed by atoms with Gasteiger partial charge >= 0.3 is 0 Å². The maximum absolute atomic E-state index is 12.2. The molecule has 30 heavy (non-hydrogen) atoms. The molecule has 0 bridgehead atoms. The van der Waals surface area contributed by atoms with E-state index < -0.39 is 0 Å². The van der Waals surface area contributed by atoms with Gasteiger partial charge in [0.2, 0.25) is 0 Å². The summed E-state index contributed by atoms with van der Waals surface area (Å²) in [6.45, 7) is 5.13. The summed E-state index contributed by atoms with van der Waals surface area (Å²) < 4.78 is 2.17. The molecular formula is C20H27Cl2IN6O. The summed E-state index contributed by atoms with van der Waals surface area (Å²) in [5.74, 6) is 1.22. The van der Waals surface area contributed by atoms with E-state index in [1.807, 2.05) is 18.7 Å². The number of nitrogens with one attached hydrogen (secondary N) is 2. The standard InChI is InChI=1S/C20H26Cl2N6O.HI/c1-14-5-9-27(12-18(14)28-10-8-24-13-28)20(23-2)26-7-6-25-19(29)15-3-4-16(21)17(22)11-15;/h3-4,8,10-11,13-14,18H,5-7,9,12H2,1-2H3,(H,23,26)(H,25,29);1H. The minimum Gasteiger partial charge on any atom is -0.354 e. The third-order valence-electron chi connectivity index (χ3n) is 5.21. The van der Waals surface area contributed by atoms with Crippen LogP contribution in [0.15, 0.2) is 41.9 Å². The normalized spacial score (nSPS) is 19.2. The number of hydrogen-bond acceptors (Lipinski definition) is 3. The van der Waals surface area contributed by atoms with Crippen LogP contribution >= 0.6 is 47.2 Å². The lowest BCUT2D eigenvalue weighted by Crippen LogP contribution is -2.50. The second-order valence-corrected chi connectivity index (χ2v) is 7.96. The fourth-order valence-electron chi connectivity index (χ4n) is 3.52. The van der Waals surface area contributed by atoms with Crippen LogP contribution in [0.5, 0.6) is 0 Å². The molecule has 1 aromatic heterocycles. The molecule has 2 aromatic rings. The van der Waals surface area contributed by atoms with Crippen LogP contribution in [-0.4, -0.2) is 59.5 Å². The van der Waals surface area contributed by atoms with Crippen molar-refractivity contribution in [1.29, 1.82) is 0 Å². The van der Waals surface area contributed by atoms with Gasteiger partial charge in [0, 0.05) is 51.2 Å². The van der Waals surface area contributed by atoms with Gasteiger partial charge in [-0.05, 0) is 30.5 Å². The fourth-order valence-corrected chi connectivity index (χ4v) is 3.82. The number of carbonyl (C=O) groups is 1. The zero-order valence-electron chi connectivity index (χ0n) is 17.0. The molecule has 1 aliphatic heterocycles. The van der Waals surface area contributed by atoms with Crippen molar-refractivity contribution in [2.75, 3.05) is 33.2 Å². The lowest BCUT2D eigenvalue weighted by atomic mass is 9.93. The van der Waals surface area contributed by atoms with E-state index in [2.05, 4.69) is 37.0 Å². The Hall–Kier alpha value is -1.52. The highest BCUT2D eigenvalue weighted by Crippen LogP contribution is 2.27. The highest BCUT2D eigenvalue weighted by atomic mass is 127. The van der Waals surface area contributed by atoms with E-state index in [0.717, 1.165) is 25.5 Å². The summed E-state index contributed by atoms with van der Waals surface area (Å²) >= 11 is 11.9. The summed E-state index contributed by atoms with van der Waals surface area (Å²) in [5, 5.41) is 7.01. The van der Waals surface area contributed by atoms with Crippen LogP contribution in [0.1, 0.15) is 29.7 Å². The van der Waals surface area contributed by atoms with Crippen LogP contribution in [0.3, 0.4) is 0 Å². The number of likely N-dealkylation sites (tertiary alicyclic amines) is 1. The number of imidazole rings is 1. The van der Waals surface area contributed by atoms with Gasteiger partial charge in [-0.2, -0.15) is 0 Å². The first-order valence-corrected chi connectivity index (χ1v) is 10.4. The SMILES string of the molecule is CN=C(NCCNC(=O)c1ccc(Cl)c(Cl)c1)N1CCC(C)C(n2ccnc2)C1.I. The first-order valence-electron chi connectivity index (χ1n) is 9.66. The van der Waals surface area contributed by atoms with E-state index in [0.29, 0.717) is 40.7 Å². The van der Waals surface area contributed by atoms with Crippen molar-refractivity contribution < 1.29 is 4.79 Å². The molecule has 0 aliphatic carbocycles. The zero-order chi connectivity index (χ0) is 20.8. The number of aliphatic imine (C=N–C) groups is 1. The van der Waals surface area contributed by atoms with E-state index >= 15 is 0 Å². The van der Waals surface area contributed by atoms with Gasteiger partial charge in [0.1, 0.15) is 0 Å². The molecule has 3 rings (SSSR count). The van der Waals surface area contributed by atoms with Gasteiger partial charge in [0.25, 0.3) is 5.91 Å². The van der Waals surface area contributed by atoms with Crippen LogP contribution in [0.25, 0.3) is 0 Å². The second-order valence-electron chi connectivity index (χ2n) is 7.15. The Kier molecular flexibility index (Phi) is 9.70. The summed E-state index contributed by atoms with van der Waals surface area (Å²) in [6.07, 6.45) is 6.78. The molecule has 1 fully saturated rings. The molecule has 7 nitrogen and oxygen atoms in total. The monoisotopic (exact) mass is 564 g/mol. The van der Waals surface area contributed by atoms with E-state index in [-0.39, 0.29) is 29.9 Å². The molecule has 1 amide bonds. The maximum Gasteiger partial charge on any atom is 0.251 e. The third kappa shape index (κ3) is 6.24. The van der Waals surface area contributed by atoms with Crippen LogP contribution in [0.4, 0.5) is 0 Å². The first kappa shape index (κ1) is 24.7. The average Bonchev–Trinajstić information content (AvgIpc) is 3.25. The van der Waals surface area contributed by atoms with Crippen molar-refractivity contribution in [1.82, 2.24) is 25.1 Å². The Balaban J connectivity index is 0.00000320. The molecule has 1 aromatic carbocycles. The van der Waals surface area contributed by atoms with Crippen molar-refractivity contribution in [3.8, 4) is 0 Å². The zero-order valence-corrected chi connectivity index (χ0v) is 20.9. The number of benzene rings is 1. The van der Waals surface area contributed by atoms with Gasteiger partial charge in [-0.3, -0.25) is 9.79 Å². The van der Waals surface area contributed by atoms with Gasteiger partial charge in [-0.1, -0.05) is 30.1 Å². The maximum atomic E-state index is 12.2. The van der Waals surface area contributed by atoms with Crippen molar-refractivity contribution in [3.63, 3.8) is 0 Å². The molecule has 2 N–H and O–H groups in total. The molecule has 164 valence electrons. The molecule has 1 saturated heterocycles. The van der Waals surface area contributed by atoms with Crippen LogP contribution in [0, 0.1) is 5.92 Å². The van der Waals surface area contributed by atoms with Crippen molar-refractivity contribution >= 4 is 59.0 Å². The second kappa shape index (κ2) is 11.8. The molecule has 2 atom stereocenters. The smallest absolute Gasteiger partial charge is 0.251 e. The highest BCUT2D eigenvalue weighted by Gasteiger charge is 2.28. The number of carbonyl (C=O) groups excluding carboxylic acids is 1. The van der Waals surface area contributed by atoms with Gasteiger partial charge in [-0.25, -0.2) is 4.98 Å². The molecule has 2 heterocycles. The van der Waals surface area contributed by atoms with Gasteiger partial charge in [0.05, 0.1) is 22.4 Å². The number of rotatable bonds is 5. The Morgan fingerprint density at radius 2 is 2.03 bits per heavy atom. The fraction of sp³-hybridized carbons (Fsp3) is 0.450. The van der Waals surface area contributed by atoms with Crippen LogP contribution < -0.4 is 10.6 Å². The largest absolute Gasteiger partial charge is 0.354 e. The average molecular weight is 565 g/mol. The summed E-state index contributed by atoms with van der Waals surface area (Å²) in [5.41, 5.74) is 0.483. The number of piperidine rings is 1. The quantitative estimate of drug-likeness (QED) is 0.251. The number of aromatic nitrogens is 2. The topological polar surface area (TPSA) is 74.6 Å². The molecule has 0 saturated carbocycles. The number of guanidine groups is 1. The highest BCUT2D eigenvalue weighted by molar-refractivity contribution is 14.0. The molecule has 0 spiro atoms. The van der Waals surface area contributed by atoms with Crippen molar-refractivity contribution in [2.45, 2.75) is 19.4 Å². The van der Waals surface area contributed by atoms with Crippen molar-refractivity contribution in [2.24, 2.45) is 10.9 Å². The minimum atomic E-state index is -0.188. The molecule has 1 aliphatic rings. The Morgan fingerprint density at radius 1 is 1.27 bits per heavy atom. The number of nitrogens with zero attached hydrogens (tertiary/aromatic N) is 4. The number of hydrogen-bond donors (Lipinski definition) is 2. The summed E-state index contributed by atoms with van der Waals surface area (Å²) in [7, 11) is 1.78. The van der Waals surface area contributed by atoms with Gasteiger partial charge < -0.3 is 20.1 Å². The number of halogens is 3. The van der Waals surface area contributed by atoms with Crippen LogP contribution in [-0.2, 0) is 0 Å². The predicted molar refractivity (Wildman–Crippen MR) is 132 cm³/mol. The Labute approximate surface area is 204 Å². The Bertz CT molecular complexity index is 861. The molecular weight excluding hydrogens is 538 g/mol. The molecule has 10 heteroatoms. The summed E-state index contributed by atoms with van der Waals surface area (Å²) in [6, 6.07) is 5.20. The first-order chi connectivity index (χ1) is 14.0. The van der Waals surface area contributed by atoms with E-state index in [1.54, 1.807) is 25.2 Å². The van der Waals surface area contributed by atoms with Crippen molar-refractivity contribution in [3.05, 3.63) is 52.5 Å². The number of amides is 1. The predicted octanol–water partition coefficient (Wildman–Crippen LogP) is 3.70. The molecule has 0 radical (unpaired) electrons. The van der Waals surface area contributed by atoms with E-state index in [1.165, 1.54) is 0 Å².